The van der Waals surface area contributed by atoms with Crippen LogP contribution >= 0.6 is 0 Å². The van der Waals surface area contributed by atoms with Gasteiger partial charge >= 0.3 is 18.3 Å². The van der Waals surface area contributed by atoms with Gasteiger partial charge in [0.2, 0.25) is 6.10 Å². The Labute approximate surface area is 68.4 Å². The topological polar surface area (TPSA) is 35.5 Å². The third-order valence-corrected chi connectivity index (χ3v) is 1.37. The maximum atomic E-state index is 12.3. The molecule has 13 heavy (non-hydrogen) atoms. The first kappa shape index (κ1) is 10.0. The van der Waals surface area contributed by atoms with Crippen LogP contribution in [0.3, 0.4) is 0 Å². The second kappa shape index (κ2) is 2.71. The van der Waals surface area contributed by atoms with E-state index in [9.17, 15) is 26.7 Å². The zero-order valence-electron chi connectivity index (χ0n) is 5.90. The highest BCUT2D eigenvalue weighted by Crippen LogP contribution is 2.40. The van der Waals surface area contributed by atoms with Crippen molar-refractivity contribution in [1.29, 1.82) is 0 Å². The Morgan fingerprint density at radius 3 is 2.08 bits per heavy atom. The summed E-state index contributed by atoms with van der Waals surface area (Å²) in [5.74, 6) is -5.07. The van der Waals surface area contributed by atoms with Gasteiger partial charge in [0, 0.05) is 0 Å². The first-order valence-electron chi connectivity index (χ1n) is 3.03. The fraction of sp³-hybridized carbons (Fsp3) is 0.800. The third-order valence-electron chi connectivity index (χ3n) is 1.37. The number of carbonyl (C=O) groups excluding carboxylic acids is 1. The molecule has 1 atom stereocenters. The lowest BCUT2D eigenvalue weighted by atomic mass is 10.2. The average Bonchev–Trinajstić information content (AvgIpc) is 2.33. The molecule has 8 heteroatoms. The maximum Gasteiger partial charge on any atom is 0.509 e. The van der Waals surface area contributed by atoms with Gasteiger partial charge in [-0.05, 0) is 0 Å². The van der Waals surface area contributed by atoms with E-state index in [1.165, 1.54) is 0 Å². The Morgan fingerprint density at radius 1 is 1.23 bits per heavy atom. The van der Waals surface area contributed by atoms with E-state index in [4.69, 9.17) is 0 Å². The highest BCUT2D eigenvalue weighted by Gasteiger charge is 2.66. The van der Waals surface area contributed by atoms with E-state index in [0.717, 1.165) is 0 Å². The van der Waals surface area contributed by atoms with Crippen LogP contribution in [0.5, 0.6) is 0 Å². The van der Waals surface area contributed by atoms with Crippen molar-refractivity contribution in [3.8, 4) is 0 Å². The number of carbonyl (C=O) groups is 1. The van der Waals surface area contributed by atoms with Crippen molar-refractivity contribution in [2.75, 3.05) is 6.61 Å². The molecule has 0 aromatic rings. The number of halogens is 5. The smallest absolute Gasteiger partial charge is 0.430 e. The molecule has 1 saturated heterocycles. The zero-order valence-corrected chi connectivity index (χ0v) is 5.90. The minimum atomic E-state index is -5.74. The molecule has 1 aliphatic rings. The second-order valence-corrected chi connectivity index (χ2v) is 2.29. The van der Waals surface area contributed by atoms with Gasteiger partial charge in [-0.25, -0.2) is 4.79 Å². The molecule has 0 amide bonds. The number of hydrogen-bond acceptors (Lipinski definition) is 3. The first-order valence-corrected chi connectivity index (χ1v) is 3.03. The number of cyclic esters (lactones) is 2. The van der Waals surface area contributed by atoms with Gasteiger partial charge in [-0.1, -0.05) is 0 Å². The number of rotatable bonds is 1. The number of ether oxygens (including phenoxy) is 2. The number of hydrogen-bond donors (Lipinski definition) is 0. The molecule has 1 aliphatic heterocycles. The summed E-state index contributed by atoms with van der Waals surface area (Å²) in [6, 6.07) is 0. The summed E-state index contributed by atoms with van der Waals surface area (Å²) in [6.45, 7) is -1.09. The van der Waals surface area contributed by atoms with Crippen LogP contribution in [0, 0.1) is 0 Å². The fourth-order valence-electron chi connectivity index (χ4n) is 0.689. The Balaban J connectivity index is 2.76. The Kier molecular flexibility index (Phi) is 2.08. The van der Waals surface area contributed by atoms with Gasteiger partial charge in [0.05, 0.1) is 0 Å². The van der Waals surface area contributed by atoms with Gasteiger partial charge in [0.15, 0.2) is 0 Å². The lowest BCUT2D eigenvalue weighted by Crippen LogP contribution is -2.48. The van der Waals surface area contributed by atoms with Crippen LogP contribution in [0.25, 0.3) is 0 Å². The Morgan fingerprint density at radius 2 is 1.77 bits per heavy atom. The Bertz CT molecular complexity index is 223. The van der Waals surface area contributed by atoms with Crippen molar-refractivity contribution < 1.29 is 36.2 Å². The van der Waals surface area contributed by atoms with E-state index in [0.29, 0.717) is 0 Å². The van der Waals surface area contributed by atoms with Crippen LogP contribution in [0.1, 0.15) is 0 Å². The van der Waals surface area contributed by atoms with Crippen molar-refractivity contribution in [2.45, 2.75) is 18.2 Å². The summed E-state index contributed by atoms with van der Waals surface area (Å²) >= 11 is 0. The van der Waals surface area contributed by atoms with E-state index in [1.54, 1.807) is 0 Å². The predicted molar refractivity (Wildman–Crippen MR) is 27.2 cm³/mol. The summed E-state index contributed by atoms with van der Waals surface area (Å²) in [5.41, 5.74) is 0. The van der Waals surface area contributed by atoms with Crippen LogP contribution in [0.4, 0.5) is 26.7 Å². The van der Waals surface area contributed by atoms with E-state index in [-0.39, 0.29) is 0 Å². The summed E-state index contributed by atoms with van der Waals surface area (Å²) in [6.07, 6.45) is -9.85. The lowest BCUT2D eigenvalue weighted by Gasteiger charge is -2.22. The van der Waals surface area contributed by atoms with Crippen molar-refractivity contribution in [2.24, 2.45) is 0 Å². The zero-order chi connectivity index (χ0) is 10.3. The molecule has 3 nitrogen and oxygen atoms in total. The molecule has 0 radical (unpaired) electrons. The molecule has 0 aliphatic carbocycles. The third kappa shape index (κ3) is 1.65. The summed E-state index contributed by atoms with van der Waals surface area (Å²) < 4.78 is 66.9. The molecule has 0 aromatic carbocycles. The SMILES string of the molecule is O=C1OC[C@H](C(F)(F)C(F)(F)F)O1. The van der Waals surface area contributed by atoms with E-state index < -0.39 is 31.0 Å². The fourth-order valence-corrected chi connectivity index (χ4v) is 0.689. The normalized spacial score (nSPS) is 24.1. The van der Waals surface area contributed by atoms with Gasteiger partial charge in [-0.2, -0.15) is 22.0 Å². The van der Waals surface area contributed by atoms with Gasteiger partial charge in [-0.3, -0.25) is 0 Å². The van der Waals surface area contributed by atoms with Crippen molar-refractivity contribution in [3.63, 3.8) is 0 Å². The standard InChI is InChI=1S/C5H3F5O3/c6-4(7,5(8,9)10)2-1-12-3(11)13-2/h2H,1H2/t2-/m1/s1. The molecule has 0 N–H and O–H groups in total. The average molecular weight is 206 g/mol. The molecule has 0 unspecified atom stereocenters. The summed E-state index contributed by atoms with van der Waals surface area (Å²) in [7, 11) is 0. The van der Waals surface area contributed by atoms with E-state index >= 15 is 0 Å². The van der Waals surface area contributed by atoms with Crippen LogP contribution in [0.15, 0.2) is 0 Å². The molecule has 0 saturated carbocycles. The first-order chi connectivity index (χ1) is 5.75. The predicted octanol–water partition coefficient (Wildman–Crippen LogP) is 1.72. The maximum absolute atomic E-state index is 12.3. The molecule has 0 spiro atoms. The van der Waals surface area contributed by atoms with Crippen LogP contribution in [0.2, 0.25) is 0 Å². The highest BCUT2D eigenvalue weighted by molar-refractivity contribution is 5.62. The highest BCUT2D eigenvalue weighted by atomic mass is 19.4. The Hall–Kier alpha value is -1.08. The van der Waals surface area contributed by atoms with Crippen LogP contribution in [-0.2, 0) is 9.47 Å². The molecule has 1 fully saturated rings. The molecule has 1 rings (SSSR count). The second-order valence-electron chi connectivity index (χ2n) is 2.29. The van der Waals surface area contributed by atoms with E-state index in [2.05, 4.69) is 9.47 Å². The van der Waals surface area contributed by atoms with Gasteiger partial charge in [-0.15, -0.1) is 0 Å². The van der Waals surface area contributed by atoms with Crippen molar-refractivity contribution >= 4 is 6.16 Å². The minimum Gasteiger partial charge on any atom is -0.430 e. The monoisotopic (exact) mass is 206 g/mol. The molecular weight excluding hydrogens is 203 g/mol. The molecule has 0 bridgehead atoms. The number of alkyl halides is 5. The van der Waals surface area contributed by atoms with Gasteiger partial charge in [0.25, 0.3) is 0 Å². The molecule has 0 aromatic heterocycles. The van der Waals surface area contributed by atoms with Crippen molar-refractivity contribution in [3.05, 3.63) is 0 Å². The molecular formula is C5H3F5O3. The lowest BCUT2D eigenvalue weighted by molar-refractivity contribution is -0.308. The summed E-state index contributed by atoms with van der Waals surface area (Å²) in [4.78, 5) is 10.1. The minimum absolute atomic E-state index is 1.09. The van der Waals surface area contributed by atoms with Gasteiger partial charge < -0.3 is 9.47 Å². The van der Waals surface area contributed by atoms with E-state index in [1.807, 2.05) is 0 Å². The van der Waals surface area contributed by atoms with Crippen LogP contribution < -0.4 is 0 Å². The van der Waals surface area contributed by atoms with Gasteiger partial charge in [0.1, 0.15) is 6.61 Å². The molecule has 76 valence electrons. The molecule has 1 heterocycles. The summed E-state index contributed by atoms with van der Waals surface area (Å²) in [5, 5.41) is 0. The van der Waals surface area contributed by atoms with Crippen molar-refractivity contribution in [1.82, 2.24) is 0 Å². The van der Waals surface area contributed by atoms with Crippen LogP contribution in [-0.4, -0.2) is 31.0 Å². The quantitative estimate of drug-likeness (QED) is 0.484. The largest absolute Gasteiger partial charge is 0.509 e.